The molecule has 1 aliphatic heterocycles. The maximum Gasteiger partial charge on any atom is 0.251 e. The van der Waals surface area contributed by atoms with Crippen molar-refractivity contribution in [1.82, 2.24) is 5.32 Å². The SMILES string of the molecule is NC(=O)CCNC(=O)c1ccc2c(c1)CCN2. The lowest BCUT2D eigenvalue weighted by Crippen LogP contribution is -2.27. The largest absolute Gasteiger partial charge is 0.384 e. The highest BCUT2D eigenvalue weighted by atomic mass is 16.2. The van der Waals surface area contributed by atoms with E-state index in [4.69, 9.17) is 5.73 Å². The molecule has 1 heterocycles. The molecule has 2 amide bonds. The number of carbonyl (C=O) groups excluding carboxylic acids is 2. The molecule has 0 aliphatic carbocycles. The molecule has 5 heteroatoms. The minimum absolute atomic E-state index is 0.165. The zero-order chi connectivity index (χ0) is 12.3. The lowest BCUT2D eigenvalue weighted by Gasteiger charge is -2.05. The van der Waals surface area contributed by atoms with Gasteiger partial charge in [0.05, 0.1) is 0 Å². The molecule has 4 N–H and O–H groups in total. The van der Waals surface area contributed by atoms with Crippen molar-refractivity contribution in [3.63, 3.8) is 0 Å². The zero-order valence-electron chi connectivity index (χ0n) is 9.45. The number of anilines is 1. The van der Waals surface area contributed by atoms with Crippen LogP contribution in [0.25, 0.3) is 0 Å². The average molecular weight is 233 g/mol. The van der Waals surface area contributed by atoms with Gasteiger partial charge < -0.3 is 16.4 Å². The Morgan fingerprint density at radius 1 is 1.41 bits per heavy atom. The van der Waals surface area contributed by atoms with Crippen molar-refractivity contribution in [2.75, 3.05) is 18.4 Å². The third kappa shape index (κ3) is 2.75. The Bertz CT molecular complexity index is 457. The molecule has 0 fully saturated rings. The van der Waals surface area contributed by atoms with Gasteiger partial charge in [-0.2, -0.15) is 0 Å². The summed E-state index contributed by atoms with van der Waals surface area (Å²) in [4.78, 5) is 22.3. The third-order valence-electron chi connectivity index (χ3n) is 2.73. The number of nitrogens with two attached hydrogens (primary N) is 1. The molecular formula is C12H15N3O2. The number of fused-ring (bicyclic) bond motifs is 1. The van der Waals surface area contributed by atoms with Crippen LogP contribution in [0.4, 0.5) is 5.69 Å². The summed E-state index contributed by atoms with van der Waals surface area (Å²) in [6, 6.07) is 5.57. The van der Waals surface area contributed by atoms with E-state index in [2.05, 4.69) is 10.6 Å². The minimum atomic E-state index is -0.413. The molecule has 0 aromatic heterocycles. The van der Waals surface area contributed by atoms with Crippen LogP contribution in [0.15, 0.2) is 18.2 Å². The van der Waals surface area contributed by atoms with E-state index in [0.717, 1.165) is 24.2 Å². The summed E-state index contributed by atoms with van der Waals surface area (Å²) in [5.41, 5.74) is 7.87. The summed E-state index contributed by atoms with van der Waals surface area (Å²) in [6.07, 6.45) is 1.11. The molecule has 1 aromatic rings. The van der Waals surface area contributed by atoms with Crippen molar-refractivity contribution >= 4 is 17.5 Å². The molecule has 0 spiro atoms. The normalized spacial score (nSPS) is 12.7. The second kappa shape index (κ2) is 4.86. The molecule has 90 valence electrons. The minimum Gasteiger partial charge on any atom is -0.384 e. The van der Waals surface area contributed by atoms with Gasteiger partial charge >= 0.3 is 0 Å². The Balaban J connectivity index is 1.97. The van der Waals surface area contributed by atoms with Gasteiger partial charge in [0, 0.05) is 30.8 Å². The van der Waals surface area contributed by atoms with Gasteiger partial charge in [-0.3, -0.25) is 9.59 Å². The van der Waals surface area contributed by atoms with Crippen LogP contribution >= 0.6 is 0 Å². The predicted molar refractivity (Wildman–Crippen MR) is 64.8 cm³/mol. The van der Waals surface area contributed by atoms with E-state index >= 15 is 0 Å². The lowest BCUT2D eigenvalue weighted by atomic mass is 10.1. The number of hydrogen-bond donors (Lipinski definition) is 3. The first-order valence-electron chi connectivity index (χ1n) is 5.60. The summed E-state index contributed by atoms with van der Waals surface area (Å²) in [7, 11) is 0. The summed E-state index contributed by atoms with van der Waals surface area (Å²) in [5, 5.41) is 5.89. The summed E-state index contributed by atoms with van der Waals surface area (Å²) in [5.74, 6) is -0.579. The molecule has 1 aliphatic rings. The molecule has 0 unspecified atom stereocenters. The molecular weight excluding hydrogens is 218 g/mol. The van der Waals surface area contributed by atoms with Gasteiger partial charge in [-0.05, 0) is 30.2 Å². The molecule has 0 bridgehead atoms. The average Bonchev–Trinajstić information content (AvgIpc) is 2.75. The highest BCUT2D eigenvalue weighted by Crippen LogP contribution is 2.22. The number of carbonyl (C=O) groups is 2. The van der Waals surface area contributed by atoms with Gasteiger partial charge in [-0.25, -0.2) is 0 Å². The van der Waals surface area contributed by atoms with Crippen LogP contribution in [-0.2, 0) is 11.2 Å². The predicted octanol–water partition coefficient (Wildman–Crippen LogP) is 0.260. The van der Waals surface area contributed by atoms with Crippen molar-refractivity contribution in [2.24, 2.45) is 5.73 Å². The molecule has 0 saturated heterocycles. The van der Waals surface area contributed by atoms with Crippen LogP contribution < -0.4 is 16.4 Å². The number of amides is 2. The van der Waals surface area contributed by atoms with Crippen molar-refractivity contribution in [1.29, 1.82) is 0 Å². The van der Waals surface area contributed by atoms with E-state index in [0.29, 0.717) is 5.56 Å². The number of rotatable bonds is 4. The van der Waals surface area contributed by atoms with Gasteiger partial charge in [0.25, 0.3) is 5.91 Å². The van der Waals surface area contributed by atoms with E-state index in [1.54, 1.807) is 6.07 Å². The second-order valence-corrected chi connectivity index (χ2v) is 4.02. The first kappa shape index (κ1) is 11.4. The van der Waals surface area contributed by atoms with Crippen LogP contribution in [0.1, 0.15) is 22.3 Å². The Morgan fingerprint density at radius 2 is 2.24 bits per heavy atom. The number of primary amides is 1. The monoisotopic (exact) mass is 233 g/mol. The van der Waals surface area contributed by atoms with Crippen molar-refractivity contribution < 1.29 is 9.59 Å². The number of hydrogen-bond acceptors (Lipinski definition) is 3. The Morgan fingerprint density at radius 3 is 3.00 bits per heavy atom. The van der Waals surface area contributed by atoms with Crippen LogP contribution in [0, 0.1) is 0 Å². The van der Waals surface area contributed by atoms with Crippen molar-refractivity contribution in [2.45, 2.75) is 12.8 Å². The van der Waals surface area contributed by atoms with Crippen LogP contribution in [-0.4, -0.2) is 24.9 Å². The fourth-order valence-corrected chi connectivity index (χ4v) is 1.85. The molecule has 0 atom stereocenters. The second-order valence-electron chi connectivity index (χ2n) is 4.02. The van der Waals surface area contributed by atoms with Gasteiger partial charge in [-0.15, -0.1) is 0 Å². The van der Waals surface area contributed by atoms with Crippen LogP contribution in [0.2, 0.25) is 0 Å². The highest BCUT2D eigenvalue weighted by Gasteiger charge is 2.13. The Hall–Kier alpha value is -2.04. The van der Waals surface area contributed by atoms with Gasteiger partial charge in [0.15, 0.2) is 0 Å². The molecule has 2 rings (SSSR count). The lowest BCUT2D eigenvalue weighted by molar-refractivity contribution is -0.117. The number of nitrogens with one attached hydrogen (secondary N) is 2. The quantitative estimate of drug-likeness (QED) is 0.697. The van der Waals surface area contributed by atoms with Gasteiger partial charge in [-0.1, -0.05) is 0 Å². The first-order valence-corrected chi connectivity index (χ1v) is 5.60. The third-order valence-corrected chi connectivity index (χ3v) is 2.73. The van der Waals surface area contributed by atoms with Gasteiger partial charge in [0.2, 0.25) is 5.91 Å². The van der Waals surface area contributed by atoms with E-state index in [9.17, 15) is 9.59 Å². The first-order chi connectivity index (χ1) is 8.16. The fraction of sp³-hybridized carbons (Fsp3) is 0.333. The number of benzene rings is 1. The van der Waals surface area contributed by atoms with Gasteiger partial charge in [0.1, 0.15) is 0 Å². The van der Waals surface area contributed by atoms with E-state index in [1.807, 2.05) is 12.1 Å². The topological polar surface area (TPSA) is 84.2 Å². The highest BCUT2D eigenvalue weighted by molar-refractivity contribution is 5.95. The maximum absolute atomic E-state index is 11.7. The smallest absolute Gasteiger partial charge is 0.251 e. The summed E-state index contributed by atoms with van der Waals surface area (Å²) < 4.78 is 0. The fourth-order valence-electron chi connectivity index (χ4n) is 1.85. The van der Waals surface area contributed by atoms with E-state index in [1.165, 1.54) is 0 Å². The molecule has 17 heavy (non-hydrogen) atoms. The molecule has 0 radical (unpaired) electrons. The van der Waals surface area contributed by atoms with Crippen LogP contribution in [0.3, 0.4) is 0 Å². The zero-order valence-corrected chi connectivity index (χ0v) is 9.45. The van der Waals surface area contributed by atoms with E-state index < -0.39 is 5.91 Å². The Kier molecular flexibility index (Phi) is 3.27. The summed E-state index contributed by atoms with van der Waals surface area (Å²) in [6.45, 7) is 1.20. The van der Waals surface area contributed by atoms with E-state index in [-0.39, 0.29) is 18.9 Å². The maximum atomic E-state index is 11.7. The summed E-state index contributed by atoms with van der Waals surface area (Å²) >= 11 is 0. The molecule has 5 nitrogen and oxygen atoms in total. The van der Waals surface area contributed by atoms with Crippen molar-refractivity contribution in [3.05, 3.63) is 29.3 Å². The Labute approximate surface area is 99.4 Å². The van der Waals surface area contributed by atoms with Crippen LogP contribution in [0.5, 0.6) is 0 Å². The molecule has 0 saturated carbocycles. The molecule has 1 aromatic carbocycles. The standard InChI is InChI=1S/C12H15N3O2/c13-11(16)4-6-15-12(17)9-1-2-10-8(7-9)3-5-14-10/h1-2,7,14H,3-6H2,(H2,13,16)(H,15,17). The van der Waals surface area contributed by atoms with Crippen molar-refractivity contribution in [3.8, 4) is 0 Å².